The molecule has 216 valence electrons. The lowest BCUT2D eigenvalue weighted by Gasteiger charge is -2.09. The Morgan fingerprint density at radius 2 is 0.973 bits per heavy atom. The summed E-state index contributed by atoms with van der Waals surface area (Å²) in [6, 6.07) is 0. The topological polar surface area (TPSA) is 47.6 Å². The smallest absolute Gasteiger partial charge is 0.368 e. The Bertz CT molecular complexity index is 603. The van der Waals surface area contributed by atoms with Crippen LogP contribution < -0.4 is 5.32 Å². The van der Waals surface area contributed by atoms with Crippen LogP contribution in [0.1, 0.15) is 161 Å². The van der Waals surface area contributed by atoms with Crippen molar-refractivity contribution in [1.82, 2.24) is 5.32 Å². The Morgan fingerprint density at radius 1 is 0.568 bits per heavy atom. The van der Waals surface area contributed by atoms with Crippen LogP contribution in [0.3, 0.4) is 0 Å². The molecule has 1 N–H and O–H groups in total. The highest BCUT2D eigenvalue weighted by atomic mass is 31.1. The van der Waals surface area contributed by atoms with E-state index in [4.69, 9.17) is 9.05 Å². The van der Waals surface area contributed by atoms with Crippen LogP contribution in [0.25, 0.3) is 0 Å². The van der Waals surface area contributed by atoms with Gasteiger partial charge in [0, 0.05) is 6.20 Å². The van der Waals surface area contributed by atoms with Gasteiger partial charge in [-0.25, -0.2) is 4.57 Å². The number of nitrogens with one attached hydrogen (secondary N) is 1. The lowest BCUT2D eigenvalue weighted by atomic mass is 10.0. The third kappa shape index (κ3) is 25.1. The lowest BCUT2D eigenvalue weighted by Crippen LogP contribution is -2.05. The summed E-state index contributed by atoms with van der Waals surface area (Å²) in [7, 11) is -2.48. The maximum atomic E-state index is 11.9. The maximum Gasteiger partial charge on any atom is 0.368 e. The molecule has 1 unspecified atom stereocenters. The molecule has 0 aliphatic carbocycles. The average Bonchev–Trinajstić information content (AvgIpc) is 3.17. The average molecular weight is 538 g/mol. The minimum atomic E-state index is -2.48. The Labute approximate surface area is 231 Å². The van der Waals surface area contributed by atoms with E-state index in [1.165, 1.54) is 141 Å². The number of rotatable bonds is 28. The number of allylic oxidation sites excluding steroid dienone is 4. The maximum absolute atomic E-state index is 11.9. The second-order valence-electron chi connectivity index (χ2n) is 10.8. The molecule has 4 nitrogen and oxygen atoms in total. The zero-order valence-corrected chi connectivity index (χ0v) is 25.3. The quantitative estimate of drug-likeness (QED) is 0.0796. The van der Waals surface area contributed by atoms with Crippen molar-refractivity contribution >= 4 is 8.25 Å². The van der Waals surface area contributed by atoms with E-state index in [0.29, 0.717) is 12.5 Å². The minimum Gasteiger partial charge on any atom is -0.410 e. The Balaban J connectivity index is 1.69. The molecule has 0 aromatic rings. The predicted octanol–water partition coefficient (Wildman–Crippen LogP) is 11.3. The fraction of sp³-hybridized carbons (Fsp3) is 0.812. The van der Waals surface area contributed by atoms with Crippen LogP contribution >= 0.6 is 8.25 Å². The lowest BCUT2D eigenvalue weighted by molar-refractivity contribution is 0.249. The molecular formula is C32H60NO3P. The molecule has 1 aliphatic heterocycles. The van der Waals surface area contributed by atoms with Gasteiger partial charge in [0.1, 0.15) is 0 Å². The monoisotopic (exact) mass is 537 g/mol. The van der Waals surface area contributed by atoms with E-state index in [1.54, 1.807) is 12.3 Å². The highest BCUT2D eigenvalue weighted by Crippen LogP contribution is 2.27. The zero-order chi connectivity index (χ0) is 26.5. The molecule has 0 saturated heterocycles. The molecule has 0 spiro atoms. The summed E-state index contributed by atoms with van der Waals surface area (Å²) in [4.78, 5) is 0. The molecular weight excluding hydrogens is 477 g/mol. The second-order valence-corrected chi connectivity index (χ2v) is 11.7. The van der Waals surface area contributed by atoms with Gasteiger partial charge >= 0.3 is 8.25 Å². The van der Waals surface area contributed by atoms with E-state index in [-0.39, 0.29) is 0 Å². The highest BCUT2D eigenvalue weighted by Gasteiger charge is 2.04. The molecule has 1 atom stereocenters. The molecule has 0 radical (unpaired) electrons. The minimum absolute atomic E-state index is 0.466. The summed E-state index contributed by atoms with van der Waals surface area (Å²) in [5, 5.41) is 2.92. The summed E-state index contributed by atoms with van der Waals surface area (Å²) in [5.41, 5.74) is 0. The van der Waals surface area contributed by atoms with Gasteiger partial charge in [0.2, 0.25) is 0 Å². The molecule has 0 aromatic heterocycles. The summed E-state index contributed by atoms with van der Waals surface area (Å²) in [6.45, 7) is 2.80. The first kappa shape index (κ1) is 34.0. The first-order chi connectivity index (χ1) is 18.3. The normalized spacial score (nSPS) is 13.8. The third-order valence-electron chi connectivity index (χ3n) is 7.20. The van der Waals surface area contributed by atoms with Crippen molar-refractivity contribution in [3.8, 4) is 0 Å². The molecule has 1 heterocycles. The molecule has 37 heavy (non-hydrogen) atoms. The molecule has 0 amide bonds. The van der Waals surface area contributed by atoms with Crippen LogP contribution in [0.2, 0.25) is 0 Å². The van der Waals surface area contributed by atoms with E-state index in [9.17, 15) is 4.57 Å². The first-order valence-electron chi connectivity index (χ1n) is 16.0. The van der Waals surface area contributed by atoms with Gasteiger partial charge in [-0.15, -0.1) is 0 Å². The van der Waals surface area contributed by atoms with Crippen LogP contribution in [0.15, 0.2) is 36.4 Å². The predicted molar refractivity (Wildman–Crippen MR) is 162 cm³/mol. The van der Waals surface area contributed by atoms with E-state index in [1.807, 2.05) is 18.2 Å². The largest absolute Gasteiger partial charge is 0.410 e. The molecule has 0 fully saturated rings. The fourth-order valence-electron chi connectivity index (χ4n) is 4.84. The Kier molecular flexibility index (Phi) is 25.8. The van der Waals surface area contributed by atoms with Crippen molar-refractivity contribution in [2.75, 3.05) is 6.61 Å². The van der Waals surface area contributed by atoms with Crippen LogP contribution in [-0.2, 0) is 13.6 Å². The van der Waals surface area contributed by atoms with E-state index >= 15 is 0 Å². The van der Waals surface area contributed by atoms with Gasteiger partial charge in [-0.1, -0.05) is 167 Å². The number of hydrogen-bond donors (Lipinski definition) is 1. The van der Waals surface area contributed by atoms with Crippen molar-refractivity contribution in [3.63, 3.8) is 0 Å². The van der Waals surface area contributed by atoms with Crippen LogP contribution in [-0.4, -0.2) is 6.61 Å². The fourth-order valence-corrected chi connectivity index (χ4v) is 5.52. The summed E-state index contributed by atoms with van der Waals surface area (Å²) in [6.07, 6.45) is 42.4. The molecule has 0 saturated carbocycles. The third-order valence-corrected chi connectivity index (χ3v) is 8.03. The SMILES string of the molecule is CCCCCCCCCCCCCCCCCCCCCCCCCCO[PH](=O)OC1=CC=CC=CN1. The molecule has 1 aliphatic rings. The Morgan fingerprint density at radius 3 is 1.41 bits per heavy atom. The second kappa shape index (κ2) is 28.0. The summed E-state index contributed by atoms with van der Waals surface area (Å²) in [5.74, 6) is 0.466. The van der Waals surface area contributed by atoms with Crippen molar-refractivity contribution in [3.05, 3.63) is 36.4 Å². The zero-order valence-electron chi connectivity index (χ0n) is 24.3. The van der Waals surface area contributed by atoms with Gasteiger partial charge in [0.15, 0.2) is 5.88 Å². The molecule has 1 rings (SSSR count). The van der Waals surface area contributed by atoms with Crippen LogP contribution in [0.4, 0.5) is 0 Å². The van der Waals surface area contributed by atoms with Gasteiger partial charge in [0.25, 0.3) is 0 Å². The molecule has 0 bridgehead atoms. The van der Waals surface area contributed by atoms with Crippen molar-refractivity contribution in [1.29, 1.82) is 0 Å². The van der Waals surface area contributed by atoms with Crippen molar-refractivity contribution in [2.24, 2.45) is 0 Å². The number of hydrogen-bond acceptors (Lipinski definition) is 4. The standard InChI is InChI=1S/C32H60NO3P/c1-2-3-4-5-6-7-8-9-10-11-12-13-14-15-16-17-18-19-20-21-22-23-24-28-31-35-37(34)36-32-29-26-25-27-30-33-32/h25-27,29-30,33,37H,2-24,28,31H2,1H3. The van der Waals surface area contributed by atoms with Crippen molar-refractivity contribution in [2.45, 2.75) is 161 Å². The van der Waals surface area contributed by atoms with E-state index < -0.39 is 8.25 Å². The number of unbranched alkanes of at least 4 members (excludes halogenated alkanes) is 23. The Hall–Kier alpha value is -0.990. The van der Waals surface area contributed by atoms with Gasteiger partial charge in [-0.05, 0) is 18.6 Å². The molecule has 5 heteroatoms. The van der Waals surface area contributed by atoms with Gasteiger partial charge in [0.05, 0.1) is 6.61 Å². The van der Waals surface area contributed by atoms with Gasteiger partial charge < -0.3 is 14.4 Å². The summed E-state index contributed by atoms with van der Waals surface area (Å²) < 4.78 is 22.5. The molecule has 0 aromatic carbocycles. The first-order valence-corrected chi connectivity index (χ1v) is 17.2. The van der Waals surface area contributed by atoms with Crippen LogP contribution in [0.5, 0.6) is 0 Å². The van der Waals surface area contributed by atoms with E-state index in [0.717, 1.165) is 12.8 Å². The van der Waals surface area contributed by atoms with E-state index in [2.05, 4.69) is 12.2 Å². The van der Waals surface area contributed by atoms with Gasteiger partial charge in [-0.3, -0.25) is 0 Å². The highest BCUT2D eigenvalue weighted by molar-refractivity contribution is 7.33. The van der Waals surface area contributed by atoms with Crippen LogP contribution in [0, 0.1) is 0 Å². The summed E-state index contributed by atoms with van der Waals surface area (Å²) >= 11 is 0. The van der Waals surface area contributed by atoms with Gasteiger partial charge in [-0.2, -0.15) is 0 Å². The van der Waals surface area contributed by atoms with Crippen molar-refractivity contribution < 1.29 is 13.6 Å².